The molecule has 1 atom stereocenters. The molecule has 1 fully saturated rings. The molecule has 0 N–H and O–H groups in total. The molecule has 6 heteroatoms. The van der Waals surface area contributed by atoms with E-state index in [4.69, 9.17) is 0 Å². The van der Waals surface area contributed by atoms with Crippen molar-refractivity contribution in [3.05, 3.63) is 35.4 Å². The normalized spacial score (nSPS) is 20.1. The maximum absolute atomic E-state index is 4.60. The molecule has 0 radical (unpaired) electrons. The lowest BCUT2D eigenvalue weighted by atomic mass is 10.0. The Kier molecular flexibility index (Phi) is 4.04. The molecule has 0 unspecified atom stereocenters. The Balaban J connectivity index is 1.54. The fourth-order valence-corrected chi connectivity index (χ4v) is 3.86. The van der Waals surface area contributed by atoms with Crippen LogP contribution in [0, 0.1) is 6.92 Å². The van der Waals surface area contributed by atoms with E-state index in [1.54, 1.807) is 6.33 Å². The summed E-state index contributed by atoms with van der Waals surface area (Å²) in [7, 11) is 2.18. The smallest absolute Gasteiger partial charge is 0.151 e. The summed E-state index contributed by atoms with van der Waals surface area (Å²) in [6.07, 6.45) is 7.47. The summed E-state index contributed by atoms with van der Waals surface area (Å²) in [6.45, 7) is 3.98. The van der Waals surface area contributed by atoms with Crippen LogP contribution >= 0.6 is 0 Å². The van der Waals surface area contributed by atoms with Crippen LogP contribution in [0.25, 0.3) is 0 Å². The molecular formula is C18H24N6. The molecule has 1 aliphatic heterocycles. The van der Waals surface area contributed by atoms with Crippen LogP contribution < -0.4 is 9.80 Å². The first-order chi connectivity index (χ1) is 11.7. The van der Waals surface area contributed by atoms with Gasteiger partial charge in [0, 0.05) is 37.4 Å². The third kappa shape index (κ3) is 2.81. The third-order valence-corrected chi connectivity index (χ3v) is 5.24. The van der Waals surface area contributed by atoms with Gasteiger partial charge in [0.2, 0.25) is 0 Å². The van der Waals surface area contributed by atoms with Crippen molar-refractivity contribution in [3.8, 4) is 0 Å². The van der Waals surface area contributed by atoms with E-state index < -0.39 is 0 Å². The van der Waals surface area contributed by atoms with Crippen LogP contribution in [-0.4, -0.2) is 46.3 Å². The first-order valence-electron chi connectivity index (χ1n) is 8.83. The molecule has 2 aromatic rings. The Labute approximate surface area is 142 Å². The SMILES string of the molecule is Cc1ccc(N2CCC[C@@H](N(C)c3ncnc4c3CCC4)C2)nn1. The summed E-state index contributed by atoms with van der Waals surface area (Å²) in [4.78, 5) is 13.8. The van der Waals surface area contributed by atoms with Crippen LogP contribution in [-0.2, 0) is 12.8 Å². The number of hydrogen-bond donors (Lipinski definition) is 0. The van der Waals surface area contributed by atoms with E-state index in [-0.39, 0.29) is 0 Å². The topological polar surface area (TPSA) is 58.0 Å². The Morgan fingerprint density at radius 1 is 1.12 bits per heavy atom. The molecule has 4 rings (SSSR count). The molecule has 1 saturated heterocycles. The molecule has 0 aromatic carbocycles. The number of piperidine rings is 1. The van der Waals surface area contributed by atoms with E-state index >= 15 is 0 Å². The second kappa shape index (κ2) is 6.34. The molecule has 6 nitrogen and oxygen atoms in total. The number of rotatable bonds is 3. The van der Waals surface area contributed by atoms with Crippen molar-refractivity contribution in [2.75, 3.05) is 29.9 Å². The van der Waals surface area contributed by atoms with E-state index in [0.717, 1.165) is 49.7 Å². The zero-order chi connectivity index (χ0) is 16.5. The predicted molar refractivity (Wildman–Crippen MR) is 94.5 cm³/mol. The maximum Gasteiger partial charge on any atom is 0.151 e. The number of nitrogens with zero attached hydrogens (tertiary/aromatic N) is 6. The lowest BCUT2D eigenvalue weighted by molar-refractivity contribution is 0.481. The molecule has 126 valence electrons. The van der Waals surface area contributed by atoms with E-state index in [9.17, 15) is 0 Å². The van der Waals surface area contributed by atoms with Crippen LogP contribution in [0.1, 0.15) is 36.2 Å². The van der Waals surface area contributed by atoms with Gasteiger partial charge < -0.3 is 9.80 Å². The van der Waals surface area contributed by atoms with Crippen molar-refractivity contribution in [3.63, 3.8) is 0 Å². The van der Waals surface area contributed by atoms with Gasteiger partial charge in [-0.15, -0.1) is 5.10 Å². The lowest BCUT2D eigenvalue weighted by Crippen LogP contribution is -2.47. The van der Waals surface area contributed by atoms with Crippen LogP contribution in [0.3, 0.4) is 0 Å². The van der Waals surface area contributed by atoms with Gasteiger partial charge >= 0.3 is 0 Å². The first kappa shape index (κ1) is 15.3. The molecule has 0 amide bonds. The highest BCUT2D eigenvalue weighted by Crippen LogP contribution is 2.30. The Hall–Kier alpha value is -2.24. The standard InChI is InChI=1S/C18H24N6/c1-13-8-9-17(22-21-13)24-10-4-5-14(11-24)23(2)18-15-6-3-7-16(15)19-12-20-18/h8-9,12,14H,3-7,10-11H2,1-2H3/t14-/m1/s1. The van der Waals surface area contributed by atoms with Crippen molar-refractivity contribution < 1.29 is 0 Å². The van der Waals surface area contributed by atoms with Crippen LogP contribution in [0.15, 0.2) is 18.5 Å². The van der Waals surface area contributed by atoms with Gasteiger partial charge in [0.15, 0.2) is 5.82 Å². The summed E-state index contributed by atoms with van der Waals surface area (Å²) in [5.41, 5.74) is 3.55. The lowest BCUT2D eigenvalue weighted by Gasteiger charge is -2.39. The minimum Gasteiger partial charge on any atom is -0.355 e. The van der Waals surface area contributed by atoms with Crippen molar-refractivity contribution >= 4 is 11.6 Å². The summed E-state index contributed by atoms with van der Waals surface area (Å²) in [5.74, 6) is 2.10. The molecule has 2 aromatic heterocycles. The van der Waals surface area contributed by atoms with Crippen molar-refractivity contribution in [2.45, 2.75) is 45.1 Å². The predicted octanol–water partition coefficient (Wildman–Crippen LogP) is 2.17. The van der Waals surface area contributed by atoms with Gasteiger partial charge in [-0.1, -0.05) is 0 Å². The van der Waals surface area contributed by atoms with Gasteiger partial charge in [0.25, 0.3) is 0 Å². The number of anilines is 2. The number of hydrogen-bond acceptors (Lipinski definition) is 6. The maximum atomic E-state index is 4.60. The van der Waals surface area contributed by atoms with E-state index in [2.05, 4.69) is 43.1 Å². The largest absolute Gasteiger partial charge is 0.355 e. The van der Waals surface area contributed by atoms with Gasteiger partial charge in [-0.05, 0) is 51.2 Å². The van der Waals surface area contributed by atoms with E-state index in [0.29, 0.717) is 6.04 Å². The van der Waals surface area contributed by atoms with Crippen molar-refractivity contribution in [2.24, 2.45) is 0 Å². The highest BCUT2D eigenvalue weighted by Gasteiger charge is 2.28. The molecule has 24 heavy (non-hydrogen) atoms. The number of likely N-dealkylation sites (N-methyl/N-ethyl adjacent to an activating group) is 1. The van der Waals surface area contributed by atoms with Crippen LogP contribution in [0.4, 0.5) is 11.6 Å². The van der Waals surface area contributed by atoms with Gasteiger partial charge in [-0.2, -0.15) is 5.10 Å². The first-order valence-corrected chi connectivity index (χ1v) is 8.83. The zero-order valence-corrected chi connectivity index (χ0v) is 14.4. The zero-order valence-electron chi connectivity index (χ0n) is 14.4. The Bertz CT molecular complexity index is 714. The monoisotopic (exact) mass is 324 g/mol. The van der Waals surface area contributed by atoms with E-state index in [1.165, 1.54) is 24.1 Å². The van der Waals surface area contributed by atoms with E-state index in [1.807, 2.05) is 13.0 Å². The molecular weight excluding hydrogens is 300 g/mol. The molecule has 3 heterocycles. The second-order valence-corrected chi connectivity index (χ2v) is 6.86. The van der Waals surface area contributed by atoms with Crippen LogP contribution in [0.5, 0.6) is 0 Å². The molecule has 1 aliphatic carbocycles. The summed E-state index contributed by atoms with van der Waals surface area (Å²) < 4.78 is 0. The summed E-state index contributed by atoms with van der Waals surface area (Å²) in [6, 6.07) is 4.56. The summed E-state index contributed by atoms with van der Waals surface area (Å²) in [5, 5.41) is 8.56. The van der Waals surface area contributed by atoms with Crippen molar-refractivity contribution in [1.29, 1.82) is 0 Å². The Morgan fingerprint density at radius 3 is 2.88 bits per heavy atom. The van der Waals surface area contributed by atoms with Crippen molar-refractivity contribution in [1.82, 2.24) is 20.2 Å². The quantitative estimate of drug-likeness (QED) is 0.862. The highest BCUT2D eigenvalue weighted by atomic mass is 15.3. The van der Waals surface area contributed by atoms with Crippen LogP contribution in [0.2, 0.25) is 0 Å². The van der Waals surface area contributed by atoms with Gasteiger partial charge in [0.05, 0.1) is 5.69 Å². The van der Waals surface area contributed by atoms with Gasteiger partial charge in [-0.3, -0.25) is 0 Å². The number of aryl methyl sites for hydroxylation is 2. The molecule has 0 saturated carbocycles. The minimum absolute atomic E-state index is 0.446. The molecule has 0 spiro atoms. The Morgan fingerprint density at radius 2 is 2.04 bits per heavy atom. The fourth-order valence-electron chi connectivity index (χ4n) is 3.86. The average molecular weight is 324 g/mol. The molecule has 2 aliphatic rings. The number of fused-ring (bicyclic) bond motifs is 1. The van der Waals surface area contributed by atoms with Gasteiger partial charge in [0.1, 0.15) is 12.1 Å². The summed E-state index contributed by atoms with van der Waals surface area (Å²) >= 11 is 0. The minimum atomic E-state index is 0.446. The van der Waals surface area contributed by atoms with Gasteiger partial charge in [-0.25, -0.2) is 9.97 Å². The highest BCUT2D eigenvalue weighted by molar-refractivity contribution is 5.51. The number of aromatic nitrogens is 4. The average Bonchev–Trinajstić information content (AvgIpc) is 3.10. The molecule has 0 bridgehead atoms. The third-order valence-electron chi connectivity index (χ3n) is 5.24. The second-order valence-electron chi connectivity index (χ2n) is 6.86. The fraction of sp³-hybridized carbons (Fsp3) is 0.556.